The fourth-order valence-electron chi connectivity index (χ4n) is 6.27. The van der Waals surface area contributed by atoms with Crippen LogP contribution in [0.2, 0.25) is 0 Å². The Morgan fingerprint density at radius 1 is 1.17 bits per heavy atom. The molecule has 1 aromatic heterocycles. The quantitative estimate of drug-likeness (QED) is 0.614. The van der Waals surface area contributed by atoms with Crippen LogP contribution in [0.5, 0.6) is 5.75 Å². The van der Waals surface area contributed by atoms with Crippen LogP contribution in [0.3, 0.4) is 0 Å². The highest BCUT2D eigenvalue weighted by Gasteiger charge is 2.54. The van der Waals surface area contributed by atoms with E-state index in [1.54, 1.807) is 12.0 Å². The number of carbonyl (C=O) groups excluding carboxylic acids is 1. The SMILES string of the molecule is COc1ccccc1CN(C)C(=O)CSc1nnc(C23CC4CC(CC(C4)C2)C3)o1. The van der Waals surface area contributed by atoms with E-state index >= 15 is 0 Å². The lowest BCUT2D eigenvalue weighted by molar-refractivity contribution is -0.127. The minimum absolute atomic E-state index is 0.0282. The van der Waals surface area contributed by atoms with Crippen LogP contribution in [0.1, 0.15) is 50.0 Å². The molecule has 160 valence electrons. The summed E-state index contributed by atoms with van der Waals surface area (Å²) in [6.45, 7) is 0.506. The first kappa shape index (κ1) is 19.9. The van der Waals surface area contributed by atoms with Gasteiger partial charge in [0.15, 0.2) is 0 Å². The van der Waals surface area contributed by atoms with E-state index in [-0.39, 0.29) is 17.1 Å². The molecule has 0 radical (unpaired) electrons. The third-order valence-corrected chi connectivity index (χ3v) is 8.05. The first-order valence-corrected chi connectivity index (χ1v) is 11.9. The van der Waals surface area contributed by atoms with Crippen molar-refractivity contribution in [3.63, 3.8) is 0 Å². The van der Waals surface area contributed by atoms with Crippen LogP contribution >= 0.6 is 11.8 Å². The normalized spacial score (nSPS) is 29.2. The fourth-order valence-corrected chi connectivity index (χ4v) is 6.97. The van der Waals surface area contributed by atoms with E-state index < -0.39 is 0 Å². The Morgan fingerprint density at radius 2 is 1.83 bits per heavy atom. The number of methoxy groups -OCH3 is 1. The summed E-state index contributed by atoms with van der Waals surface area (Å²) in [7, 11) is 3.46. The zero-order valence-electron chi connectivity index (χ0n) is 17.7. The number of thioether (sulfide) groups is 1. The zero-order chi connectivity index (χ0) is 20.7. The van der Waals surface area contributed by atoms with Crippen molar-refractivity contribution < 1.29 is 13.9 Å². The summed E-state index contributed by atoms with van der Waals surface area (Å²) in [5.41, 5.74) is 1.09. The Balaban J connectivity index is 1.19. The van der Waals surface area contributed by atoms with Crippen molar-refractivity contribution in [3.8, 4) is 5.75 Å². The van der Waals surface area contributed by atoms with Gasteiger partial charge in [-0.1, -0.05) is 30.0 Å². The molecule has 4 saturated carbocycles. The van der Waals surface area contributed by atoms with Gasteiger partial charge in [-0.25, -0.2) is 0 Å². The third kappa shape index (κ3) is 3.72. The van der Waals surface area contributed by atoms with Crippen LogP contribution in [0.15, 0.2) is 33.9 Å². The summed E-state index contributed by atoms with van der Waals surface area (Å²) in [4.78, 5) is 14.3. The predicted octanol–water partition coefficient (Wildman–Crippen LogP) is 4.30. The highest BCUT2D eigenvalue weighted by Crippen LogP contribution is 2.60. The average molecular weight is 428 g/mol. The standard InChI is InChI=1S/C23H29N3O3S/c1-26(13-18-5-3-4-6-19(18)28-2)20(27)14-30-22-25-24-21(29-22)23-10-15-7-16(11-23)9-17(8-15)12-23/h3-6,15-17H,7-14H2,1-2H3. The van der Waals surface area contributed by atoms with E-state index in [2.05, 4.69) is 10.2 Å². The second-order valence-electron chi connectivity index (χ2n) is 9.42. The number of hydrogen-bond acceptors (Lipinski definition) is 6. The van der Waals surface area contributed by atoms with Crippen molar-refractivity contribution in [2.45, 2.75) is 55.7 Å². The molecular weight excluding hydrogens is 398 g/mol. The van der Waals surface area contributed by atoms with E-state index in [1.165, 1.54) is 50.3 Å². The van der Waals surface area contributed by atoms with Crippen molar-refractivity contribution in [1.82, 2.24) is 15.1 Å². The number of benzene rings is 1. The molecule has 1 amide bonds. The number of hydrogen-bond donors (Lipinski definition) is 0. The van der Waals surface area contributed by atoms with Gasteiger partial charge in [0.1, 0.15) is 5.75 Å². The molecule has 1 heterocycles. The van der Waals surface area contributed by atoms with Gasteiger partial charge in [0.25, 0.3) is 5.22 Å². The molecule has 4 aliphatic carbocycles. The summed E-state index contributed by atoms with van der Waals surface area (Å²) in [5, 5.41) is 9.23. The maximum atomic E-state index is 12.6. The van der Waals surface area contributed by atoms with E-state index in [0.717, 1.165) is 35.0 Å². The van der Waals surface area contributed by atoms with Crippen LogP contribution in [-0.2, 0) is 16.8 Å². The van der Waals surface area contributed by atoms with E-state index in [4.69, 9.17) is 9.15 Å². The van der Waals surface area contributed by atoms with Gasteiger partial charge in [0.05, 0.1) is 12.9 Å². The van der Waals surface area contributed by atoms with Gasteiger partial charge >= 0.3 is 0 Å². The lowest BCUT2D eigenvalue weighted by atomic mass is 9.49. The molecule has 6 rings (SSSR count). The van der Waals surface area contributed by atoms with Crippen LogP contribution in [0.4, 0.5) is 0 Å². The fraction of sp³-hybridized carbons (Fsp3) is 0.609. The highest BCUT2D eigenvalue weighted by molar-refractivity contribution is 7.99. The van der Waals surface area contributed by atoms with Crippen LogP contribution in [0.25, 0.3) is 0 Å². The summed E-state index contributed by atoms with van der Waals surface area (Å²) in [6.07, 6.45) is 7.77. The van der Waals surface area contributed by atoms with Gasteiger partial charge in [0.2, 0.25) is 11.8 Å². The van der Waals surface area contributed by atoms with Crippen molar-refractivity contribution in [2.75, 3.05) is 19.9 Å². The maximum Gasteiger partial charge on any atom is 0.277 e. The van der Waals surface area contributed by atoms with Gasteiger partial charge in [-0.15, -0.1) is 10.2 Å². The Bertz CT molecular complexity index is 893. The van der Waals surface area contributed by atoms with Crippen molar-refractivity contribution in [3.05, 3.63) is 35.7 Å². The Labute approximate surface area is 181 Å². The van der Waals surface area contributed by atoms with E-state index in [1.807, 2.05) is 31.3 Å². The molecule has 0 unspecified atom stereocenters. The summed E-state index contributed by atoms with van der Waals surface area (Å²) in [6, 6.07) is 7.77. The first-order valence-electron chi connectivity index (χ1n) is 10.9. The molecular formula is C23H29N3O3S. The average Bonchev–Trinajstić information content (AvgIpc) is 3.21. The molecule has 30 heavy (non-hydrogen) atoms. The summed E-state index contributed by atoms with van der Waals surface area (Å²) >= 11 is 1.34. The molecule has 0 atom stereocenters. The number of para-hydroxylation sites is 1. The third-order valence-electron chi connectivity index (χ3n) is 7.24. The monoisotopic (exact) mass is 427 g/mol. The Morgan fingerprint density at radius 3 is 2.50 bits per heavy atom. The molecule has 0 N–H and O–H groups in total. The minimum Gasteiger partial charge on any atom is -0.496 e. The molecule has 4 aliphatic rings. The molecule has 0 aliphatic heterocycles. The number of carbonyl (C=O) groups is 1. The molecule has 1 aromatic carbocycles. The number of rotatable bonds is 7. The molecule has 0 saturated heterocycles. The topological polar surface area (TPSA) is 68.5 Å². The summed E-state index contributed by atoms with van der Waals surface area (Å²) < 4.78 is 11.5. The van der Waals surface area contributed by atoms with Crippen molar-refractivity contribution >= 4 is 17.7 Å². The Kier molecular flexibility index (Phi) is 5.25. The molecule has 0 spiro atoms. The number of nitrogens with zero attached hydrogens (tertiary/aromatic N) is 3. The zero-order valence-corrected chi connectivity index (χ0v) is 18.5. The van der Waals surface area contributed by atoms with Gasteiger partial charge in [0, 0.05) is 24.6 Å². The number of amides is 1. The second kappa shape index (κ2) is 7.91. The lowest BCUT2D eigenvalue weighted by Crippen LogP contribution is -2.48. The number of ether oxygens (including phenoxy) is 1. The van der Waals surface area contributed by atoms with Crippen LogP contribution < -0.4 is 4.74 Å². The van der Waals surface area contributed by atoms with E-state index in [9.17, 15) is 4.79 Å². The maximum absolute atomic E-state index is 12.6. The molecule has 7 heteroatoms. The van der Waals surface area contributed by atoms with Crippen LogP contribution in [-0.4, -0.2) is 40.9 Å². The van der Waals surface area contributed by atoms with Gasteiger partial charge in [-0.2, -0.15) is 0 Å². The van der Waals surface area contributed by atoms with Crippen LogP contribution in [0, 0.1) is 17.8 Å². The predicted molar refractivity (Wildman–Crippen MR) is 114 cm³/mol. The van der Waals surface area contributed by atoms with Crippen molar-refractivity contribution in [2.24, 2.45) is 17.8 Å². The molecule has 4 fully saturated rings. The highest BCUT2D eigenvalue weighted by atomic mass is 32.2. The number of aromatic nitrogens is 2. The smallest absolute Gasteiger partial charge is 0.277 e. The first-order chi connectivity index (χ1) is 14.5. The Hall–Kier alpha value is -2.02. The second-order valence-corrected chi connectivity index (χ2v) is 10.3. The largest absolute Gasteiger partial charge is 0.496 e. The molecule has 6 nitrogen and oxygen atoms in total. The molecule has 2 aromatic rings. The van der Waals surface area contributed by atoms with Gasteiger partial charge < -0.3 is 14.1 Å². The molecule has 4 bridgehead atoms. The van der Waals surface area contributed by atoms with Crippen molar-refractivity contribution in [1.29, 1.82) is 0 Å². The minimum atomic E-state index is 0.0282. The van der Waals surface area contributed by atoms with E-state index in [0.29, 0.717) is 11.8 Å². The summed E-state index contributed by atoms with van der Waals surface area (Å²) in [5.74, 6) is 4.44. The van der Waals surface area contributed by atoms with Gasteiger partial charge in [-0.3, -0.25) is 4.79 Å². The lowest BCUT2D eigenvalue weighted by Gasteiger charge is -2.55. The van der Waals surface area contributed by atoms with Gasteiger partial charge in [-0.05, 0) is 62.3 Å².